The number of hydrogen-bond donors (Lipinski definition) is 1. The highest BCUT2D eigenvalue weighted by molar-refractivity contribution is 5.93. The van der Waals surface area contributed by atoms with Gasteiger partial charge >= 0.3 is 0 Å². The van der Waals surface area contributed by atoms with Crippen molar-refractivity contribution in [1.29, 1.82) is 0 Å². The van der Waals surface area contributed by atoms with Gasteiger partial charge in [0.15, 0.2) is 11.6 Å². The van der Waals surface area contributed by atoms with Crippen LogP contribution in [0.2, 0.25) is 0 Å². The molecule has 11 heteroatoms. The predicted octanol–water partition coefficient (Wildman–Crippen LogP) is 3.98. The SMILES string of the molecule is CCCOCc1ncc(-c2ccn3nc(NC(=O)C4CC(N5CCN(C(=O)c6cccc(C)n6)C[C@@H]5C)C4)cc3c2)cn1. The maximum Gasteiger partial charge on any atom is 0.272 e. The van der Waals surface area contributed by atoms with Crippen molar-refractivity contribution in [2.45, 2.75) is 58.7 Å². The summed E-state index contributed by atoms with van der Waals surface area (Å²) >= 11 is 0. The maximum absolute atomic E-state index is 13.1. The summed E-state index contributed by atoms with van der Waals surface area (Å²) < 4.78 is 7.27. The Hall–Kier alpha value is -4.22. The van der Waals surface area contributed by atoms with Crippen molar-refractivity contribution in [2.24, 2.45) is 5.92 Å². The van der Waals surface area contributed by atoms with Crippen LogP contribution in [0.4, 0.5) is 5.82 Å². The Labute approximate surface area is 251 Å². The van der Waals surface area contributed by atoms with Crippen LogP contribution in [0.3, 0.4) is 0 Å². The molecule has 5 heterocycles. The van der Waals surface area contributed by atoms with Crippen LogP contribution in [0, 0.1) is 12.8 Å². The van der Waals surface area contributed by atoms with Crippen LogP contribution in [-0.2, 0) is 16.1 Å². The first-order chi connectivity index (χ1) is 20.9. The van der Waals surface area contributed by atoms with E-state index in [0.717, 1.165) is 48.1 Å². The second-order valence-corrected chi connectivity index (χ2v) is 11.6. The number of amides is 2. The molecule has 0 aromatic carbocycles. The average Bonchev–Trinajstić information content (AvgIpc) is 3.38. The number of hydrogen-bond acceptors (Lipinski definition) is 8. The number of nitrogens with one attached hydrogen (secondary N) is 1. The van der Waals surface area contributed by atoms with Crippen LogP contribution in [-0.4, -0.2) is 84.5 Å². The van der Waals surface area contributed by atoms with E-state index in [9.17, 15) is 9.59 Å². The summed E-state index contributed by atoms with van der Waals surface area (Å²) in [7, 11) is 0. The van der Waals surface area contributed by atoms with E-state index < -0.39 is 0 Å². The molecule has 224 valence electrons. The van der Waals surface area contributed by atoms with Crippen molar-refractivity contribution in [1.82, 2.24) is 34.4 Å². The number of aromatic nitrogens is 5. The van der Waals surface area contributed by atoms with Crippen molar-refractivity contribution in [2.75, 3.05) is 31.6 Å². The normalized spacial score (nSPS) is 20.6. The van der Waals surface area contributed by atoms with Gasteiger partial charge in [0.2, 0.25) is 5.91 Å². The van der Waals surface area contributed by atoms with E-state index in [4.69, 9.17) is 4.74 Å². The third kappa shape index (κ3) is 6.42. The number of pyridine rings is 2. The molecule has 6 rings (SSSR count). The molecule has 1 N–H and O–H groups in total. The standard InChI is InChI=1S/C32H38N8O3/c1-4-12-43-20-30-33-17-25(18-34-30)23-8-9-40-27(13-23)16-29(37-40)36-31(41)24-14-26(15-24)39-11-10-38(19-22(39)3)32(42)28-7-5-6-21(2)35-28/h5-9,13,16-18,22,24,26H,4,10-12,14-15,19-20H2,1-3H3,(H,36,37,41)/t22-,24?,26?/m0/s1. The second kappa shape index (κ2) is 12.6. The van der Waals surface area contributed by atoms with Gasteiger partial charge in [-0.2, -0.15) is 5.10 Å². The third-order valence-electron chi connectivity index (χ3n) is 8.36. The van der Waals surface area contributed by atoms with Gasteiger partial charge in [0.1, 0.15) is 12.3 Å². The fraction of sp³-hybridized carbons (Fsp3) is 0.438. The molecule has 0 bridgehead atoms. The van der Waals surface area contributed by atoms with Crippen molar-refractivity contribution in [3.8, 4) is 11.1 Å². The molecule has 2 aliphatic rings. The Morgan fingerprint density at radius 1 is 1.07 bits per heavy atom. The molecular formula is C32H38N8O3. The van der Waals surface area contributed by atoms with Crippen LogP contribution < -0.4 is 5.32 Å². The quantitative estimate of drug-likeness (QED) is 0.295. The van der Waals surface area contributed by atoms with Gasteiger partial charge in [-0.25, -0.2) is 19.5 Å². The lowest BCUT2D eigenvalue weighted by atomic mass is 9.78. The number of piperazine rings is 1. The number of nitrogens with zero attached hydrogens (tertiary/aromatic N) is 7. The lowest BCUT2D eigenvalue weighted by Crippen LogP contribution is -2.60. The molecule has 4 aromatic rings. The van der Waals surface area contributed by atoms with Crippen LogP contribution in [0.25, 0.3) is 16.6 Å². The Morgan fingerprint density at radius 2 is 1.88 bits per heavy atom. The fourth-order valence-electron chi connectivity index (χ4n) is 5.94. The zero-order valence-corrected chi connectivity index (χ0v) is 24.9. The molecule has 43 heavy (non-hydrogen) atoms. The number of aryl methyl sites for hydroxylation is 1. The Balaban J connectivity index is 1.00. The molecule has 2 amide bonds. The van der Waals surface area contributed by atoms with Crippen molar-refractivity contribution in [3.63, 3.8) is 0 Å². The molecule has 1 aliphatic carbocycles. The molecule has 1 saturated heterocycles. The maximum atomic E-state index is 13.1. The lowest BCUT2D eigenvalue weighted by molar-refractivity contribution is -0.125. The summed E-state index contributed by atoms with van der Waals surface area (Å²) in [5.74, 6) is 1.13. The average molecular weight is 583 g/mol. The molecule has 1 aliphatic heterocycles. The molecule has 4 aromatic heterocycles. The summed E-state index contributed by atoms with van der Waals surface area (Å²) in [6.45, 7) is 9.34. The highest BCUT2D eigenvalue weighted by atomic mass is 16.5. The molecule has 2 fully saturated rings. The molecule has 0 unspecified atom stereocenters. The van der Waals surface area contributed by atoms with Crippen LogP contribution in [0.5, 0.6) is 0 Å². The van der Waals surface area contributed by atoms with Gasteiger partial charge < -0.3 is 15.0 Å². The topological polar surface area (TPSA) is 118 Å². The Morgan fingerprint density at radius 3 is 2.63 bits per heavy atom. The number of ether oxygens (including phenoxy) is 1. The van der Waals surface area contributed by atoms with Gasteiger partial charge in [0.05, 0.1) is 5.52 Å². The van der Waals surface area contributed by atoms with Crippen molar-refractivity contribution in [3.05, 3.63) is 72.2 Å². The highest BCUT2D eigenvalue weighted by Crippen LogP contribution is 2.35. The van der Waals surface area contributed by atoms with E-state index in [1.54, 1.807) is 23.0 Å². The minimum absolute atomic E-state index is 0.00106. The summed E-state index contributed by atoms with van der Waals surface area (Å²) in [6.07, 6.45) is 8.05. The number of anilines is 1. The largest absolute Gasteiger partial charge is 0.373 e. The fourth-order valence-corrected chi connectivity index (χ4v) is 5.94. The molecular weight excluding hydrogens is 544 g/mol. The molecule has 0 spiro atoms. The van der Waals surface area contributed by atoms with Crippen molar-refractivity contribution < 1.29 is 14.3 Å². The van der Waals surface area contributed by atoms with Gasteiger partial charge in [-0.05, 0) is 62.9 Å². The summed E-state index contributed by atoms with van der Waals surface area (Å²) in [5, 5.41) is 7.56. The van der Waals surface area contributed by atoms with Gasteiger partial charge in [-0.3, -0.25) is 14.5 Å². The zero-order valence-electron chi connectivity index (χ0n) is 24.9. The van der Waals surface area contributed by atoms with E-state index in [1.807, 2.05) is 48.4 Å². The number of fused-ring (bicyclic) bond motifs is 1. The highest BCUT2D eigenvalue weighted by Gasteiger charge is 2.41. The van der Waals surface area contributed by atoms with E-state index >= 15 is 0 Å². The lowest BCUT2D eigenvalue weighted by Gasteiger charge is -2.49. The molecule has 0 radical (unpaired) electrons. The Kier molecular flexibility index (Phi) is 8.44. The van der Waals surface area contributed by atoms with E-state index in [2.05, 4.69) is 44.1 Å². The first-order valence-corrected chi connectivity index (χ1v) is 15.1. The number of carbonyl (C=O) groups is 2. The van der Waals surface area contributed by atoms with Crippen LogP contribution >= 0.6 is 0 Å². The number of carbonyl (C=O) groups excluding carboxylic acids is 2. The molecule has 11 nitrogen and oxygen atoms in total. The van der Waals surface area contributed by atoms with E-state index in [1.165, 1.54) is 0 Å². The molecule has 1 atom stereocenters. The van der Waals surface area contributed by atoms with Crippen LogP contribution in [0.15, 0.2) is 55.0 Å². The van der Waals surface area contributed by atoms with Gasteiger partial charge in [-0.15, -0.1) is 0 Å². The smallest absolute Gasteiger partial charge is 0.272 e. The van der Waals surface area contributed by atoms with Gasteiger partial charge in [0, 0.05) is 80.2 Å². The first kappa shape index (κ1) is 28.9. The predicted molar refractivity (Wildman–Crippen MR) is 162 cm³/mol. The minimum atomic E-state index is -0.0503. The summed E-state index contributed by atoms with van der Waals surface area (Å²) in [5.41, 5.74) is 4.09. The summed E-state index contributed by atoms with van der Waals surface area (Å²) in [6, 6.07) is 12.0. The zero-order chi connectivity index (χ0) is 29.9. The molecule has 1 saturated carbocycles. The van der Waals surface area contributed by atoms with Crippen LogP contribution in [0.1, 0.15) is 55.1 Å². The minimum Gasteiger partial charge on any atom is -0.373 e. The van der Waals surface area contributed by atoms with E-state index in [0.29, 0.717) is 49.7 Å². The summed E-state index contributed by atoms with van der Waals surface area (Å²) in [4.78, 5) is 43.6. The van der Waals surface area contributed by atoms with Gasteiger partial charge in [0.25, 0.3) is 5.91 Å². The third-order valence-corrected chi connectivity index (χ3v) is 8.36. The Bertz CT molecular complexity index is 1600. The first-order valence-electron chi connectivity index (χ1n) is 15.1. The number of rotatable bonds is 9. The monoisotopic (exact) mass is 582 g/mol. The van der Waals surface area contributed by atoms with Crippen molar-refractivity contribution >= 4 is 23.1 Å². The van der Waals surface area contributed by atoms with Gasteiger partial charge in [-0.1, -0.05) is 13.0 Å². The second-order valence-electron chi connectivity index (χ2n) is 11.6. The van der Waals surface area contributed by atoms with E-state index in [-0.39, 0.29) is 23.8 Å².